The van der Waals surface area contributed by atoms with Crippen molar-refractivity contribution in [3.63, 3.8) is 0 Å². The molecule has 2 aromatic rings. The molecule has 6 heteroatoms. The van der Waals surface area contributed by atoms with E-state index in [1.54, 1.807) is 24.3 Å². The van der Waals surface area contributed by atoms with Gasteiger partial charge in [-0.25, -0.2) is 0 Å². The summed E-state index contributed by atoms with van der Waals surface area (Å²) in [7, 11) is 0. The second-order valence-electron chi connectivity index (χ2n) is 2.89. The zero-order valence-corrected chi connectivity index (χ0v) is 8.40. The number of nitro groups is 1. The molecule has 1 aromatic heterocycles. The van der Waals surface area contributed by atoms with Gasteiger partial charge in [0.25, 0.3) is 5.69 Å². The van der Waals surface area contributed by atoms with Gasteiger partial charge in [0.2, 0.25) is 0 Å². The van der Waals surface area contributed by atoms with Crippen molar-refractivity contribution in [2.24, 2.45) is 0 Å². The first-order valence-electron chi connectivity index (χ1n) is 4.14. The van der Waals surface area contributed by atoms with Crippen molar-refractivity contribution < 1.29 is 4.92 Å². The van der Waals surface area contributed by atoms with E-state index >= 15 is 0 Å². The molecule has 0 amide bonds. The third-order valence-corrected chi connectivity index (χ3v) is 2.73. The van der Waals surface area contributed by atoms with Gasteiger partial charge in [-0.2, -0.15) is 4.37 Å². The topological polar surface area (TPSA) is 82.0 Å². The second kappa shape index (κ2) is 3.66. The fourth-order valence-electron chi connectivity index (χ4n) is 1.26. The number of hydrogen-bond donors (Lipinski definition) is 1. The molecule has 76 valence electrons. The number of para-hydroxylation sites is 1. The van der Waals surface area contributed by atoms with Crippen LogP contribution in [0.4, 0.5) is 11.5 Å². The molecule has 2 rings (SSSR count). The fraction of sp³-hybridized carbons (Fsp3) is 0. The molecule has 1 aromatic carbocycles. The Morgan fingerprint density at radius 2 is 2.13 bits per heavy atom. The Hall–Kier alpha value is -1.95. The average molecular weight is 221 g/mol. The molecule has 1 heterocycles. The van der Waals surface area contributed by atoms with Gasteiger partial charge in [-0.1, -0.05) is 12.1 Å². The standard InChI is InChI=1S/C9H7N3O2S/c10-9-5-8(15-11-9)6-3-1-2-4-7(6)12(13)14/h1-5H,(H2,10,11). The number of nitrogens with zero attached hydrogens (tertiary/aromatic N) is 2. The molecular formula is C9H7N3O2S. The van der Waals surface area contributed by atoms with Gasteiger partial charge in [-0.15, -0.1) is 0 Å². The van der Waals surface area contributed by atoms with Crippen LogP contribution in [0.15, 0.2) is 30.3 Å². The van der Waals surface area contributed by atoms with E-state index in [1.165, 1.54) is 6.07 Å². The molecule has 0 fully saturated rings. The first-order valence-corrected chi connectivity index (χ1v) is 4.92. The quantitative estimate of drug-likeness (QED) is 0.623. The third-order valence-electron chi connectivity index (χ3n) is 1.89. The van der Waals surface area contributed by atoms with Crippen molar-refractivity contribution >= 4 is 23.0 Å². The van der Waals surface area contributed by atoms with Gasteiger partial charge in [-0.3, -0.25) is 10.1 Å². The largest absolute Gasteiger partial charge is 0.383 e. The number of nitrogens with two attached hydrogens (primary N) is 1. The fourth-order valence-corrected chi connectivity index (χ4v) is 1.96. The maximum atomic E-state index is 10.8. The summed E-state index contributed by atoms with van der Waals surface area (Å²) < 4.78 is 3.89. The number of aromatic nitrogens is 1. The molecule has 0 aliphatic carbocycles. The highest BCUT2D eigenvalue weighted by Gasteiger charge is 2.15. The van der Waals surface area contributed by atoms with Gasteiger partial charge in [0, 0.05) is 12.1 Å². The van der Waals surface area contributed by atoms with Crippen molar-refractivity contribution in [1.29, 1.82) is 0 Å². The number of benzene rings is 1. The van der Waals surface area contributed by atoms with Crippen LogP contribution in [0.25, 0.3) is 10.4 Å². The Kier molecular flexibility index (Phi) is 2.34. The molecule has 0 spiro atoms. The molecule has 0 aliphatic heterocycles. The molecule has 0 bridgehead atoms. The van der Waals surface area contributed by atoms with Crippen molar-refractivity contribution in [1.82, 2.24) is 4.37 Å². The lowest BCUT2D eigenvalue weighted by Crippen LogP contribution is -1.90. The van der Waals surface area contributed by atoms with Crippen LogP contribution >= 0.6 is 11.5 Å². The number of anilines is 1. The normalized spacial score (nSPS) is 10.1. The number of rotatable bonds is 2. The zero-order valence-electron chi connectivity index (χ0n) is 7.58. The second-order valence-corrected chi connectivity index (χ2v) is 3.70. The SMILES string of the molecule is Nc1cc(-c2ccccc2[N+](=O)[O-])sn1. The summed E-state index contributed by atoms with van der Waals surface area (Å²) in [4.78, 5) is 11.1. The first-order chi connectivity index (χ1) is 7.18. The minimum atomic E-state index is -0.411. The molecule has 0 radical (unpaired) electrons. The van der Waals surface area contributed by atoms with Crippen LogP contribution in [-0.2, 0) is 0 Å². The van der Waals surface area contributed by atoms with Gasteiger partial charge < -0.3 is 5.73 Å². The molecule has 0 unspecified atom stereocenters. The Labute approximate surface area is 89.5 Å². The van der Waals surface area contributed by atoms with E-state index in [0.717, 1.165) is 11.5 Å². The average Bonchev–Trinajstić information content (AvgIpc) is 2.65. The third kappa shape index (κ3) is 1.79. The Morgan fingerprint density at radius 1 is 1.40 bits per heavy atom. The Balaban J connectivity index is 2.57. The van der Waals surface area contributed by atoms with Gasteiger partial charge in [-0.05, 0) is 17.6 Å². The van der Waals surface area contributed by atoms with Crippen LogP contribution in [-0.4, -0.2) is 9.30 Å². The summed E-state index contributed by atoms with van der Waals surface area (Å²) in [5, 5.41) is 10.8. The summed E-state index contributed by atoms with van der Waals surface area (Å²) in [6, 6.07) is 8.16. The minimum absolute atomic E-state index is 0.0705. The Bertz CT molecular complexity index is 510. The maximum absolute atomic E-state index is 10.8. The van der Waals surface area contributed by atoms with E-state index in [9.17, 15) is 10.1 Å². The van der Waals surface area contributed by atoms with Gasteiger partial charge in [0.1, 0.15) is 5.82 Å². The van der Waals surface area contributed by atoms with Gasteiger partial charge in [0.05, 0.1) is 15.4 Å². The van der Waals surface area contributed by atoms with Crippen LogP contribution in [0, 0.1) is 10.1 Å². The van der Waals surface area contributed by atoms with E-state index in [1.807, 2.05) is 0 Å². The smallest absolute Gasteiger partial charge is 0.278 e. The molecule has 0 aliphatic rings. The van der Waals surface area contributed by atoms with E-state index in [4.69, 9.17) is 5.73 Å². The number of nitrogen functional groups attached to an aromatic ring is 1. The van der Waals surface area contributed by atoms with Crippen LogP contribution < -0.4 is 5.73 Å². The molecular weight excluding hydrogens is 214 g/mol. The van der Waals surface area contributed by atoms with Crippen molar-refractivity contribution in [3.8, 4) is 10.4 Å². The van der Waals surface area contributed by atoms with E-state index in [0.29, 0.717) is 16.3 Å². The predicted octanol–water partition coefficient (Wildman–Crippen LogP) is 2.30. The van der Waals surface area contributed by atoms with E-state index < -0.39 is 4.92 Å². The maximum Gasteiger partial charge on any atom is 0.278 e. The monoisotopic (exact) mass is 221 g/mol. The summed E-state index contributed by atoms with van der Waals surface area (Å²) >= 11 is 1.15. The minimum Gasteiger partial charge on any atom is -0.383 e. The van der Waals surface area contributed by atoms with Crippen LogP contribution in [0.3, 0.4) is 0 Å². The number of hydrogen-bond acceptors (Lipinski definition) is 5. The van der Waals surface area contributed by atoms with E-state index in [2.05, 4.69) is 4.37 Å². The predicted molar refractivity (Wildman–Crippen MR) is 58.6 cm³/mol. The van der Waals surface area contributed by atoms with Gasteiger partial charge in [0.15, 0.2) is 0 Å². The van der Waals surface area contributed by atoms with Gasteiger partial charge >= 0.3 is 0 Å². The van der Waals surface area contributed by atoms with Crippen molar-refractivity contribution in [2.45, 2.75) is 0 Å². The lowest BCUT2D eigenvalue weighted by Gasteiger charge is -1.97. The zero-order chi connectivity index (χ0) is 10.8. The van der Waals surface area contributed by atoms with Crippen molar-refractivity contribution in [2.75, 3.05) is 5.73 Å². The molecule has 0 saturated heterocycles. The highest BCUT2D eigenvalue weighted by atomic mass is 32.1. The first kappa shape index (κ1) is 9.60. The highest BCUT2D eigenvalue weighted by molar-refractivity contribution is 7.09. The molecule has 2 N–H and O–H groups in total. The molecule has 0 saturated carbocycles. The lowest BCUT2D eigenvalue weighted by molar-refractivity contribution is -0.384. The van der Waals surface area contributed by atoms with E-state index in [-0.39, 0.29) is 5.69 Å². The van der Waals surface area contributed by atoms with Crippen LogP contribution in [0.5, 0.6) is 0 Å². The summed E-state index contributed by atoms with van der Waals surface area (Å²) in [6.07, 6.45) is 0. The molecule has 0 atom stereocenters. The summed E-state index contributed by atoms with van der Waals surface area (Å²) in [6.45, 7) is 0. The number of nitro benzene ring substituents is 1. The van der Waals surface area contributed by atoms with Crippen LogP contribution in [0.2, 0.25) is 0 Å². The van der Waals surface area contributed by atoms with Crippen LogP contribution in [0.1, 0.15) is 0 Å². The Morgan fingerprint density at radius 3 is 2.73 bits per heavy atom. The van der Waals surface area contributed by atoms with Crippen molar-refractivity contribution in [3.05, 3.63) is 40.4 Å². The summed E-state index contributed by atoms with van der Waals surface area (Å²) in [5.74, 6) is 0.383. The molecule has 5 nitrogen and oxygen atoms in total. The lowest BCUT2D eigenvalue weighted by atomic mass is 10.1. The summed E-state index contributed by atoms with van der Waals surface area (Å²) in [5.41, 5.74) is 6.09. The highest BCUT2D eigenvalue weighted by Crippen LogP contribution is 2.32. The molecule has 15 heavy (non-hydrogen) atoms.